The second kappa shape index (κ2) is 12.0. The maximum atomic E-state index is 6.70. The average molecular weight is 555 g/mol. The molecule has 4 aromatic rings. The van der Waals surface area contributed by atoms with E-state index in [4.69, 9.17) is 9.47 Å². The van der Waals surface area contributed by atoms with Crippen LogP contribution in [-0.4, -0.2) is 30.3 Å². The molecule has 4 aromatic carbocycles. The lowest BCUT2D eigenvalue weighted by molar-refractivity contribution is -0.142. The number of hydrogen-bond donors (Lipinski definition) is 0. The van der Waals surface area contributed by atoms with E-state index in [1.54, 1.807) is 0 Å². The fourth-order valence-electron chi connectivity index (χ4n) is 5.20. The zero-order valence-corrected chi connectivity index (χ0v) is 25.8. The van der Waals surface area contributed by atoms with Crippen LogP contribution >= 0.6 is 15.8 Å². The van der Waals surface area contributed by atoms with Crippen molar-refractivity contribution in [3.8, 4) is 0 Å². The molecule has 1 saturated heterocycles. The highest BCUT2D eigenvalue weighted by Crippen LogP contribution is 2.44. The lowest BCUT2D eigenvalue weighted by Gasteiger charge is -2.28. The predicted octanol–water partition coefficient (Wildman–Crippen LogP) is 7.01. The molecule has 0 amide bonds. The molecule has 0 spiro atoms. The van der Waals surface area contributed by atoms with Gasteiger partial charge < -0.3 is 9.47 Å². The number of ether oxygens (including phenoxy) is 2. The first-order chi connectivity index (χ1) is 18.7. The normalized spacial score (nSPS) is 18.7. The highest BCUT2D eigenvalue weighted by atomic mass is 31.1. The summed E-state index contributed by atoms with van der Waals surface area (Å²) in [4.78, 5) is 0. The Hall–Kier alpha value is -2.34. The van der Waals surface area contributed by atoms with Crippen molar-refractivity contribution in [2.24, 2.45) is 0 Å². The van der Waals surface area contributed by atoms with Crippen molar-refractivity contribution >= 4 is 37.1 Å². The van der Waals surface area contributed by atoms with E-state index in [2.05, 4.69) is 139 Å². The van der Waals surface area contributed by atoms with Gasteiger partial charge >= 0.3 is 0 Å². The number of rotatable bonds is 8. The van der Waals surface area contributed by atoms with Gasteiger partial charge in [0.05, 0.1) is 12.2 Å². The van der Waals surface area contributed by atoms with E-state index >= 15 is 0 Å². The summed E-state index contributed by atoms with van der Waals surface area (Å²) in [5, 5.41) is 5.58. The lowest BCUT2D eigenvalue weighted by atomic mass is 10.2. The van der Waals surface area contributed by atoms with Crippen molar-refractivity contribution in [1.29, 1.82) is 0 Å². The van der Waals surface area contributed by atoms with Crippen LogP contribution in [0.3, 0.4) is 0 Å². The van der Waals surface area contributed by atoms with Gasteiger partial charge in [-0.3, -0.25) is 0 Å². The Bertz CT molecular complexity index is 1160. The van der Waals surface area contributed by atoms with Gasteiger partial charge in [0.2, 0.25) is 0 Å². The molecule has 4 heteroatoms. The fraction of sp³-hybridized carbons (Fsp3) is 0.314. The van der Waals surface area contributed by atoms with Crippen molar-refractivity contribution in [3.63, 3.8) is 0 Å². The third kappa shape index (κ3) is 7.06. The molecule has 202 valence electrons. The van der Waals surface area contributed by atoms with Crippen molar-refractivity contribution in [2.45, 2.75) is 59.5 Å². The van der Waals surface area contributed by atoms with Crippen molar-refractivity contribution in [3.05, 3.63) is 119 Å². The SMILES string of the molecule is Cc1ccc(P(CC2OC(C)(C)OC2CP(c2ccc(C)cc2)c2ccc(C)cc2)c2ccc(C)cc2)cc1. The summed E-state index contributed by atoms with van der Waals surface area (Å²) in [5.41, 5.74) is 5.16. The molecule has 1 heterocycles. The molecule has 39 heavy (non-hydrogen) atoms. The van der Waals surface area contributed by atoms with Crippen LogP contribution in [0.5, 0.6) is 0 Å². The van der Waals surface area contributed by atoms with Crippen molar-refractivity contribution in [2.75, 3.05) is 12.3 Å². The monoisotopic (exact) mass is 554 g/mol. The first kappa shape index (κ1) is 28.2. The van der Waals surface area contributed by atoms with E-state index in [0.717, 1.165) is 12.3 Å². The number of benzene rings is 4. The van der Waals surface area contributed by atoms with E-state index in [9.17, 15) is 0 Å². The first-order valence-corrected chi connectivity index (χ1v) is 16.9. The molecule has 0 aliphatic carbocycles. The molecule has 2 nitrogen and oxygen atoms in total. The standard InChI is InChI=1S/C35H40O2P2/c1-25-7-15-29(16-8-25)38(30-17-9-26(2)10-18-30)23-33-34(37-35(5,6)36-33)24-39(31-19-11-27(3)12-20-31)32-21-13-28(4)14-22-32/h7-22,33-34H,23-24H2,1-6H3. The zero-order valence-electron chi connectivity index (χ0n) is 24.0. The van der Waals surface area contributed by atoms with Gasteiger partial charge in [-0.2, -0.15) is 0 Å². The highest BCUT2D eigenvalue weighted by Gasteiger charge is 2.43. The summed E-state index contributed by atoms with van der Waals surface area (Å²) >= 11 is 0. The summed E-state index contributed by atoms with van der Waals surface area (Å²) in [5.74, 6) is -0.599. The van der Waals surface area contributed by atoms with Crippen LogP contribution in [0.2, 0.25) is 0 Å². The van der Waals surface area contributed by atoms with Gasteiger partial charge in [-0.25, -0.2) is 0 Å². The van der Waals surface area contributed by atoms with E-state index in [-0.39, 0.29) is 12.2 Å². The summed E-state index contributed by atoms with van der Waals surface area (Å²) in [6.45, 7) is 12.8. The predicted molar refractivity (Wildman–Crippen MR) is 171 cm³/mol. The summed E-state index contributed by atoms with van der Waals surface area (Å²) < 4.78 is 13.4. The van der Waals surface area contributed by atoms with Crippen LogP contribution in [0.25, 0.3) is 0 Å². The van der Waals surface area contributed by atoms with Crippen LogP contribution in [-0.2, 0) is 9.47 Å². The maximum Gasteiger partial charge on any atom is 0.163 e. The molecule has 0 radical (unpaired) electrons. The van der Waals surface area contributed by atoms with Crippen molar-refractivity contribution in [1.82, 2.24) is 0 Å². The summed E-state index contributed by atoms with van der Waals surface area (Å²) in [7, 11) is -1.19. The molecule has 2 unspecified atom stereocenters. The molecule has 1 aliphatic rings. The third-order valence-electron chi connectivity index (χ3n) is 7.39. The molecular weight excluding hydrogens is 514 g/mol. The minimum atomic E-state index is -0.599. The summed E-state index contributed by atoms with van der Waals surface area (Å²) in [6, 6.07) is 36.4. The van der Waals surface area contributed by atoms with Crippen LogP contribution in [0, 0.1) is 27.7 Å². The summed E-state index contributed by atoms with van der Waals surface area (Å²) in [6.07, 6.45) is 1.94. The minimum absolute atomic E-state index is 0.0228. The Morgan fingerprint density at radius 1 is 0.462 bits per heavy atom. The Morgan fingerprint density at radius 3 is 0.923 bits per heavy atom. The van der Waals surface area contributed by atoms with E-state index < -0.39 is 21.6 Å². The number of aryl methyl sites for hydroxylation is 4. The molecule has 1 fully saturated rings. The molecule has 0 bridgehead atoms. The highest BCUT2D eigenvalue weighted by molar-refractivity contribution is 7.73. The van der Waals surface area contributed by atoms with Gasteiger partial charge in [0.15, 0.2) is 5.79 Å². The molecular formula is C35H40O2P2. The molecule has 2 atom stereocenters. The fourth-order valence-corrected chi connectivity index (χ4v) is 10.0. The van der Waals surface area contributed by atoms with Crippen LogP contribution in [0.1, 0.15) is 36.1 Å². The van der Waals surface area contributed by atoms with Gasteiger partial charge in [0.25, 0.3) is 0 Å². The zero-order chi connectivity index (χ0) is 27.6. The Morgan fingerprint density at radius 2 is 0.692 bits per heavy atom. The lowest BCUT2D eigenvalue weighted by Crippen LogP contribution is -2.33. The van der Waals surface area contributed by atoms with Gasteiger partial charge in [-0.15, -0.1) is 0 Å². The van der Waals surface area contributed by atoms with Gasteiger partial charge in [0, 0.05) is 12.3 Å². The maximum absolute atomic E-state index is 6.70. The topological polar surface area (TPSA) is 18.5 Å². The second-order valence-corrected chi connectivity index (χ2v) is 15.8. The Balaban J connectivity index is 1.48. The van der Waals surface area contributed by atoms with Crippen LogP contribution in [0.15, 0.2) is 97.1 Å². The van der Waals surface area contributed by atoms with E-state index in [1.165, 1.54) is 43.5 Å². The molecule has 0 aromatic heterocycles. The van der Waals surface area contributed by atoms with E-state index in [1.807, 2.05) is 0 Å². The second-order valence-electron chi connectivity index (χ2n) is 11.3. The van der Waals surface area contributed by atoms with Crippen molar-refractivity contribution < 1.29 is 9.47 Å². The Kier molecular flexibility index (Phi) is 8.70. The molecule has 5 rings (SSSR count). The van der Waals surface area contributed by atoms with E-state index in [0.29, 0.717) is 0 Å². The molecule has 0 N–H and O–H groups in total. The first-order valence-electron chi connectivity index (χ1n) is 13.8. The quantitative estimate of drug-likeness (QED) is 0.218. The van der Waals surface area contributed by atoms with Gasteiger partial charge in [0.1, 0.15) is 0 Å². The van der Waals surface area contributed by atoms with Crippen LogP contribution < -0.4 is 21.2 Å². The molecule has 0 saturated carbocycles. The smallest absolute Gasteiger partial charge is 0.163 e. The van der Waals surface area contributed by atoms with Gasteiger partial charge in [-0.05, 0) is 78.6 Å². The minimum Gasteiger partial charge on any atom is -0.344 e. The average Bonchev–Trinajstić information content (AvgIpc) is 3.21. The Labute approximate surface area is 237 Å². The number of hydrogen-bond acceptors (Lipinski definition) is 2. The largest absolute Gasteiger partial charge is 0.344 e. The molecule has 1 aliphatic heterocycles. The van der Waals surface area contributed by atoms with Gasteiger partial charge in [-0.1, -0.05) is 119 Å². The van der Waals surface area contributed by atoms with Crippen LogP contribution in [0.4, 0.5) is 0 Å². The third-order valence-corrected chi connectivity index (χ3v) is 12.5.